The zero-order valence-corrected chi connectivity index (χ0v) is 9.48. The third-order valence-corrected chi connectivity index (χ3v) is 2.18. The van der Waals surface area contributed by atoms with Gasteiger partial charge in [-0.15, -0.1) is 0 Å². The smallest absolute Gasteiger partial charge is 0.397 e. The fourth-order valence-corrected chi connectivity index (χ4v) is 1.51. The highest BCUT2D eigenvalue weighted by Crippen LogP contribution is 2.16. The Hall–Kier alpha value is -1.84. The summed E-state index contributed by atoms with van der Waals surface area (Å²) in [6.45, 7) is 5.55. The van der Waals surface area contributed by atoms with Crippen LogP contribution < -0.4 is 10.4 Å². The Morgan fingerprint density at radius 3 is 2.81 bits per heavy atom. The van der Waals surface area contributed by atoms with Gasteiger partial charge >= 0.3 is 11.7 Å². The number of aromatic nitrogens is 1. The third-order valence-electron chi connectivity index (χ3n) is 2.18. The largest absolute Gasteiger partial charge is 0.447 e. The molecule has 0 bridgehead atoms. The molecule has 4 nitrogen and oxygen atoms in total. The zero-order valence-electron chi connectivity index (χ0n) is 9.48. The van der Waals surface area contributed by atoms with E-state index in [0.717, 1.165) is 5.56 Å². The van der Waals surface area contributed by atoms with E-state index in [4.69, 9.17) is 9.15 Å². The first-order valence-electron chi connectivity index (χ1n) is 5.15. The van der Waals surface area contributed by atoms with E-state index >= 15 is 0 Å². The number of aryl methyl sites for hydroxylation is 1. The first kappa shape index (κ1) is 10.7. The van der Waals surface area contributed by atoms with E-state index in [0.29, 0.717) is 10.9 Å². The molecule has 0 N–H and O–H groups in total. The summed E-state index contributed by atoms with van der Waals surface area (Å²) in [5, 5.41) is 0.513. The molecule has 0 saturated carbocycles. The predicted molar refractivity (Wildman–Crippen MR) is 60.8 cm³/mol. The van der Waals surface area contributed by atoms with Crippen molar-refractivity contribution in [2.75, 3.05) is 0 Å². The van der Waals surface area contributed by atoms with Gasteiger partial charge in [0.1, 0.15) is 0 Å². The average molecular weight is 219 g/mol. The van der Waals surface area contributed by atoms with Crippen LogP contribution in [0.5, 0.6) is 6.08 Å². The second-order valence-corrected chi connectivity index (χ2v) is 3.90. The van der Waals surface area contributed by atoms with Gasteiger partial charge < -0.3 is 9.15 Å². The van der Waals surface area contributed by atoms with Crippen molar-refractivity contribution in [2.24, 2.45) is 0 Å². The molecule has 0 unspecified atom stereocenters. The molecule has 84 valence electrons. The van der Waals surface area contributed by atoms with Gasteiger partial charge in [-0.3, -0.25) is 0 Å². The molecule has 1 aromatic carbocycles. The maximum Gasteiger partial charge on any atom is 0.397 e. The van der Waals surface area contributed by atoms with Crippen molar-refractivity contribution in [3.8, 4) is 6.08 Å². The number of fused-ring (bicyclic) bond motifs is 1. The summed E-state index contributed by atoms with van der Waals surface area (Å²) in [5.74, 6) is 0. The number of nitrogens with zero attached hydrogens (tertiary/aromatic N) is 1. The molecule has 1 aromatic heterocycles. The SMILES string of the molecule is Cc1cccc2nc(OC(C)C)oc(=O)c12. The number of ether oxygens (including phenoxy) is 1. The van der Waals surface area contributed by atoms with Crippen molar-refractivity contribution < 1.29 is 9.15 Å². The van der Waals surface area contributed by atoms with Crippen LogP contribution in [0, 0.1) is 6.92 Å². The molecule has 0 spiro atoms. The van der Waals surface area contributed by atoms with Gasteiger partial charge in [0.25, 0.3) is 0 Å². The van der Waals surface area contributed by atoms with Gasteiger partial charge in [0.2, 0.25) is 0 Å². The molecule has 1 heterocycles. The highest BCUT2D eigenvalue weighted by molar-refractivity contribution is 5.80. The van der Waals surface area contributed by atoms with Gasteiger partial charge in [-0.25, -0.2) is 4.79 Å². The molecule has 0 aliphatic rings. The van der Waals surface area contributed by atoms with Gasteiger partial charge in [-0.1, -0.05) is 12.1 Å². The Morgan fingerprint density at radius 1 is 1.38 bits per heavy atom. The van der Waals surface area contributed by atoms with Crippen LogP contribution in [-0.2, 0) is 0 Å². The summed E-state index contributed by atoms with van der Waals surface area (Å²) >= 11 is 0. The van der Waals surface area contributed by atoms with E-state index in [1.807, 2.05) is 32.9 Å². The van der Waals surface area contributed by atoms with Crippen LogP contribution in [0.25, 0.3) is 10.9 Å². The molecule has 0 aliphatic carbocycles. The monoisotopic (exact) mass is 219 g/mol. The first-order valence-corrected chi connectivity index (χ1v) is 5.15. The highest BCUT2D eigenvalue weighted by Gasteiger charge is 2.09. The third kappa shape index (κ3) is 1.91. The molecule has 0 fully saturated rings. The Morgan fingerprint density at radius 2 is 2.12 bits per heavy atom. The van der Waals surface area contributed by atoms with Crippen LogP contribution in [-0.4, -0.2) is 11.1 Å². The van der Waals surface area contributed by atoms with E-state index in [1.165, 1.54) is 0 Å². The summed E-state index contributed by atoms with van der Waals surface area (Å²) in [6, 6.07) is 5.47. The number of hydrogen-bond acceptors (Lipinski definition) is 4. The van der Waals surface area contributed by atoms with Crippen molar-refractivity contribution in [3.05, 3.63) is 34.2 Å². The lowest BCUT2D eigenvalue weighted by atomic mass is 10.1. The van der Waals surface area contributed by atoms with E-state index in [2.05, 4.69) is 4.98 Å². The summed E-state index contributed by atoms with van der Waals surface area (Å²) < 4.78 is 10.3. The predicted octanol–water partition coefficient (Wildman–Crippen LogP) is 2.28. The van der Waals surface area contributed by atoms with Crippen LogP contribution in [0.15, 0.2) is 27.4 Å². The second kappa shape index (κ2) is 3.96. The standard InChI is InChI=1S/C12H13NO3/c1-7(2)15-12-13-9-6-4-5-8(3)10(9)11(14)16-12/h4-7H,1-3H3. The quantitative estimate of drug-likeness (QED) is 0.777. The summed E-state index contributed by atoms with van der Waals surface area (Å²) in [7, 11) is 0. The molecule has 4 heteroatoms. The van der Waals surface area contributed by atoms with Crippen LogP contribution in [0.3, 0.4) is 0 Å². The van der Waals surface area contributed by atoms with Crippen LogP contribution in [0.1, 0.15) is 19.4 Å². The maximum absolute atomic E-state index is 11.7. The number of rotatable bonds is 2. The lowest BCUT2D eigenvalue weighted by molar-refractivity contribution is 0.166. The van der Waals surface area contributed by atoms with E-state index < -0.39 is 5.63 Å². The molecular weight excluding hydrogens is 206 g/mol. The Kier molecular flexibility index (Phi) is 2.64. The Labute approximate surface area is 92.9 Å². The molecule has 16 heavy (non-hydrogen) atoms. The lowest BCUT2D eigenvalue weighted by Crippen LogP contribution is -2.11. The summed E-state index contributed by atoms with van der Waals surface area (Å²) in [6.07, 6.45) is -0.0454. The highest BCUT2D eigenvalue weighted by atomic mass is 16.6. The van der Waals surface area contributed by atoms with Gasteiger partial charge in [-0.2, -0.15) is 4.98 Å². The van der Waals surface area contributed by atoms with Crippen molar-refractivity contribution >= 4 is 10.9 Å². The first-order chi connectivity index (χ1) is 7.58. The molecule has 2 rings (SSSR count). The van der Waals surface area contributed by atoms with Crippen molar-refractivity contribution in [2.45, 2.75) is 26.9 Å². The van der Waals surface area contributed by atoms with Gasteiger partial charge in [-0.05, 0) is 32.4 Å². The van der Waals surface area contributed by atoms with Crippen LogP contribution in [0.4, 0.5) is 0 Å². The molecule has 0 amide bonds. The van der Waals surface area contributed by atoms with E-state index in [-0.39, 0.29) is 12.2 Å². The minimum atomic E-state index is -0.404. The minimum absolute atomic E-state index is 0.0260. The van der Waals surface area contributed by atoms with E-state index in [1.54, 1.807) is 6.07 Å². The molecule has 2 aromatic rings. The molecule has 0 radical (unpaired) electrons. The van der Waals surface area contributed by atoms with Crippen molar-refractivity contribution in [3.63, 3.8) is 0 Å². The zero-order chi connectivity index (χ0) is 11.7. The fourth-order valence-electron chi connectivity index (χ4n) is 1.51. The van der Waals surface area contributed by atoms with Gasteiger partial charge in [0.05, 0.1) is 17.0 Å². The molecular formula is C12H13NO3. The molecule has 0 saturated heterocycles. The van der Waals surface area contributed by atoms with Crippen LogP contribution >= 0.6 is 0 Å². The number of benzene rings is 1. The summed E-state index contributed by atoms with van der Waals surface area (Å²) in [5.41, 5.74) is 1.06. The van der Waals surface area contributed by atoms with Gasteiger partial charge in [0.15, 0.2) is 0 Å². The Balaban J connectivity index is 2.64. The lowest BCUT2D eigenvalue weighted by Gasteiger charge is -2.07. The second-order valence-electron chi connectivity index (χ2n) is 3.90. The normalized spacial score (nSPS) is 11.0. The fraction of sp³-hybridized carbons (Fsp3) is 0.333. The topological polar surface area (TPSA) is 52.3 Å². The van der Waals surface area contributed by atoms with Gasteiger partial charge in [0, 0.05) is 0 Å². The maximum atomic E-state index is 11.7. The Bertz CT molecular complexity index is 572. The van der Waals surface area contributed by atoms with Crippen molar-refractivity contribution in [1.82, 2.24) is 4.98 Å². The minimum Gasteiger partial charge on any atom is -0.447 e. The average Bonchev–Trinajstić information content (AvgIpc) is 2.15. The van der Waals surface area contributed by atoms with E-state index in [9.17, 15) is 4.79 Å². The molecule has 0 atom stereocenters. The van der Waals surface area contributed by atoms with Crippen molar-refractivity contribution in [1.29, 1.82) is 0 Å². The van der Waals surface area contributed by atoms with Crippen LogP contribution in [0.2, 0.25) is 0 Å². The summed E-state index contributed by atoms with van der Waals surface area (Å²) in [4.78, 5) is 15.9. The number of hydrogen-bond donors (Lipinski definition) is 0. The molecule has 0 aliphatic heterocycles.